The van der Waals surface area contributed by atoms with Crippen LogP contribution in [0, 0.1) is 0 Å². The van der Waals surface area contributed by atoms with E-state index in [-0.39, 0.29) is 0 Å². The van der Waals surface area contributed by atoms with Crippen molar-refractivity contribution in [3.63, 3.8) is 0 Å². The van der Waals surface area contributed by atoms with Gasteiger partial charge in [-0.1, -0.05) is 0 Å². The summed E-state index contributed by atoms with van der Waals surface area (Å²) < 4.78 is 16.6. The van der Waals surface area contributed by atoms with Crippen molar-refractivity contribution in [3.05, 3.63) is 71.7 Å². The molecule has 4 aromatic heterocycles. The molecule has 7 rings (SSSR count). The van der Waals surface area contributed by atoms with Gasteiger partial charge < -0.3 is 14.2 Å². The van der Waals surface area contributed by atoms with Crippen molar-refractivity contribution in [2.75, 3.05) is 39.5 Å². The lowest BCUT2D eigenvalue weighted by atomic mass is 10.2. The Kier molecular flexibility index (Phi) is 5.88. The molecule has 192 valence electrons. The predicted molar refractivity (Wildman–Crippen MR) is 142 cm³/mol. The molecular formula is C27H21N9O3. The Hall–Kier alpha value is -5.13. The first kappa shape index (κ1) is 23.0. The maximum Gasteiger partial charge on any atom is 0.217 e. The van der Waals surface area contributed by atoms with Crippen LogP contribution >= 0.6 is 0 Å². The minimum atomic E-state index is 0.389. The van der Waals surface area contributed by atoms with Gasteiger partial charge in [0.2, 0.25) is 17.7 Å². The molecule has 3 aliphatic heterocycles. The highest BCUT2D eigenvalue weighted by molar-refractivity contribution is 5.96. The number of aromatic nitrogens is 6. The zero-order valence-electron chi connectivity index (χ0n) is 20.7. The second-order valence-corrected chi connectivity index (χ2v) is 8.71. The van der Waals surface area contributed by atoms with Crippen molar-refractivity contribution in [2.45, 2.75) is 0 Å². The van der Waals surface area contributed by atoms with Gasteiger partial charge in [-0.05, 0) is 36.4 Å². The van der Waals surface area contributed by atoms with Crippen molar-refractivity contribution in [2.24, 2.45) is 15.0 Å². The number of aliphatic imine (C=N–C) groups is 3. The maximum atomic E-state index is 5.55. The molecular weight excluding hydrogens is 498 g/mol. The number of pyridine rings is 3. The standard InChI is InChI=1S/C27H21N9O3/c1-4-19(31-13-16(1)25-28-7-10-37-25)22-34-23(20-5-2-17(14-32-20)26-29-8-11-38-26)36-24(35-22)21-6-3-18(15-33-21)27-30-9-12-39-27/h1-6,13-15H,7-12H2. The van der Waals surface area contributed by atoms with E-state index >= 15 is 0 Å². The SMILES string of the molecule is c1cc(-c2nc(-c3ccc(C4=NCCO4)cn3)nc(-c3ccc(C4=NCCO4)cn3)n2)ncc1C1=NCCO1. The van der Waals surface area contributed by atoms with Gasteiger partial charge in [0, 0.05) is 18.6 Å². The fourth-order valence-electron chi connectivity index (χ4n) is 4.21. The quantitative estimate of drug-likeness (QED) is 0.375. The third kappa shape index (κ3) is 4.67. The molecule has 0 radical (unpaired) electrons. The van der Waals surface area contributed by atoms with Crippen LogP contribution in [0.3, 0.4) is 0 Å². The first-order valence-corrected chi connectivity index (χ1v) is 12.5. The van der Waals surface area contributed by atoms with E-state index in [1.165, 1.54) is 0 Å². The Balaban J connectivity index is 1.27. The molecule has 0 atom stereocenters. The molecule has 4 aromatic rings. The summed E-state index contributed by atoms with van der Waals surface area (Å²) in [5.41, 5.74) is 4.10. The lowest BCUT2D eigenvalue weighted by molar-refractivity contribution is 0.348. The Labute approximate surface area is 222 Å². The van der Waals surface area contributed by atoms with Gasteiger partial charge in [-0.3, -0.25) is 15.0 Å². The van der Waals surface area contributed by atoms with Crippen LogP contribution in [0.5, 0.6) is 0 Å². The van der Waals surface area contributed by atoms with Crippen molar-refractivity contribution in [1.29, 1.82) is 0 Å². The summed E-state index contributed by atoms with van der Waals surface area (Å²) in [5.74, 6) is 2.93. The number of nitrogens with zero attached hydrogens (tertiary/aromatic N) is 9. The Morgan fingerprint density at radius 1 is 0.436 bits per heavy atom. The molecule has 0 spiro atoms. The van der Waals surface area contributed by atoms with E-state index in [1.54, 1.807) is 18.6 Å². The van der Waals surface area contributed by atoms with Crippen LogP contribution in [0.15, 0.2) is 70.0 Å². The number of hydrogen-bond donors (Lipinski definition) is 0. The predicted octanol–water partition coefficient (Wildman–Crippen LogP) is 2.39. The molecule has 0 saturated carbocycles. The van der Waals surface area contributed by atoms with Gasteiger partial charge in [-0.25, -0.2) is 29.9 Å². The third-order valence-corrected chi connectivity index (χ3v) is 6.11. The Morgan fingerprint density at radius 3 is 1.00 bits per heavy atom. The summed E-state index contributed by atoms with van der Waals surface area (Å²) in [5, 5.41) is 0. The molecule has 3 aliphatic rings. The zero-order valence-corrected chi connectivity index (χ0v) is 20.7. The van der Waals surface area contributed by atoms with Crippen LogP contribution < -0.4 is 0 Å². The van der Waals surface area contributed by atoms with Crippen molar-refractivity contribution in [3.8, 4) is 34.6 Å². The van der Waals surface area contributed by atoms with Crippen LogP contribution in [0.4, 0.5) is 0 Å². The van der Waals surface area contributed by atoms with Gasteiger partial charge in [0.15, 0.2) is 17.5 Å². The zero-order chi connectivity index (χ0) is 26.0. The molecule has 12 nitrogen and oxygen atoms in total. The summed E-state index contributed by atoms with van der Waals surface area (Å²) in [6.07, 6.45) is 5.11. The first-order chi connectivity index (χ1) is 19.3. The summed E-state index contributed by atoms with van der Waals surface area (Å²) in [7, 11) is 0. The van der Waals surface area contributed by atoms with E-state index < -0.39 is 0 Å². The highest BCUT2D eigenvalue weighted by atomic mass is 16.5. The molecule has 0 aliphatic carbocycles. The van der Waals surface area contributed by atoms with E-state index in [9.17, 15) is 0 Å². The van der Waals surface area contributed by atoms with Gasteiger partial charge in [0.05, 0.1) is 36.3 Å². The molecule has 0 saturated heterocycles. The van der Waals surface area contributed by atoms with Gasteiger partial charge >= 0.3 is 0 Å². The molecule has 0 aromatic carbocycles. The summed E-state index contributed by atoms with van der Waals surface area (Å²) in [6.45, 7) is 3.67. The van der Waals surface area contributed by atoms with Gasteiger partial charge in [0.25, 0.3) is 0 Å². The molecule has 0 N–H and O–H groups in total. The van der Waals surface area contributed by atoms with E-state index in [4.69, 9.17) is 29.2 Å². The van der Waals surface area contributed by atoms with E-state index in [2.05, 4.69) is 29.9 Å². The fraction of sp³-hybridized carbons (Fsp3) is 0.222. The fourth-order valence-corrected chi connectivity index (χ4v) is 4.21. The van der Waals surface area contributed by atoms with Crippen molar-refractivity contribution < 1.29 is 14.2 Å². The summed E-state index contributed by atoms with van der Waals surface area (Å²) in [6, 6.07) is 11.2. The van der Waals surface area contributed by atoms with Crippen LogP contribution in [0.1, 0.15) is 16.7 Å². The van der Waals surface area contributed by atoms with E-state index in [1.807, 2.05) is 36.4 Å². The van der Waals surface area contributed by atoms with Crippen molar-refractivity contribution >= 4 is 17.7 Å². The molecule has 0 amide bonds. The third-order valence-electron chi connectivity index (χ3n) is 6.11. The van der Waals surface area contributed by atoms with E-state index in [0.29, 0.717) is 91.7 Å². The molecule has 0 fully saturated rings. The topological polar surface area (TPSA) is 142 Å². The molecule has 39 heavy (non-hydrogen) atoms. The maximum absolute atomic E-state index is 5.55. The lowest BCUT2D eigenvalue weighted by Crippen LogP contribution is -2.06. The van der Waals surface area contributed by atoms with Crippen LogP contribution in [0.2, 0.25) is 0 Å². The van der Waals surface area contributed by atoms with Gasteiger partial charge in [-0.2, -0.15) is 0 Å². The molecule has 12 heteroatoms. The second kappa shape index (κ2) is 9.97. The highest BCUT2D eigenvalue weighted by Crippen LogP contribution is 2.23. The number of ether oxygens (including phenoxy) is 3. The van der Waals surface area contributed by atoms with Crippen LogP contribution in [-0.2, 0) is 14.2 Å². The normalized spacial score (nSPS) is 16.2. The Morgan fingerprint density at radius 2 is 0.769 bits per heavy atom. The average Bonchev–Trinajstić information content (AvgIpc) is 3.82. The molecule has 0 bridgehead atoms. The van der Waals surface area contributed by atoms with Gasteiger partial charge in [-0.15, -0.1) is 0 Å². The number of rotatable bonds is 6. The van der Waals surface area contributed by atoms with Crippen LogP contribution in [-0.4, -0.2) is 87.1 Å². The second-order valence-electron chi connectivity index (χ2n) is 8.71. The first-order valence-electron chi connectivity index (χ1n) is 12.5. The Bertz CT molecular complexity index is 1410. The molecule has 7 heterocycles. The molecule has 0 unspecified atom stereocenters. The summed E-state index contributed by atoms with van der Waals surface area (Å²) >= 11 is 0. The van der Waals surface area contributed by atoms with E-state index in [0.717, 1.165) is 16.7 Å². The number of hydrogen-bond acceptors (Lipinski definition) is 12. The minimum absolute atomic E-state index is 0.389. The van der Waals surface area contributed by atoms with Gasteiger partial charge in [0.1, 0.15) is 36.9 Å². The largest absolute Gasteiger partial charge is 0.475 e. The lowest BCUT2D eigenvalue weighted by Gasteiger charge is -2.09. The minimum Gasteiger partial charge on any atom is -0.475 e. The summed E-state index contributed by atoms with van der Waals surface area (Å²) in [4.78, 5) is 40.9. The average molecular weight is 520 g/mol. The highest BCUT2D eigenvalue weighted by Gasteiger charge is 2.18. The smallest absolute Gasteiger partial charge is 0.217 e. The van der Waals surface area contributed by atoms with Crippen molar-refractivity contribution in [1.82, 2.24) is 29.9 Å². The van der Waals surface area contributed by atoms with Crippen LogP contribution in [0.25, 0.3) is 34.6 Å². The monoisotopic (exact) mass is 519 g/mol.